The molecule has 0 aliphatic carbocycles. The standard InChI is InChI=1S/C12H12ClN3S2/c1-8(15-12(18)16-11(14)17)6-7-9-4-2-3-5-10(9)13/h2-7H,1H3,(H3,14,16,17,18)/b7-6+,15-8+. The summed E-state index contributed by atoms with van der Waals surface area (Å²) in [5.41, 5.74) is 6.93. The lowest BCUT2D eigenvalue weighted by molar-refractivity contribution is 1.35. The van der Waals surface area contributed by atoms with E-state index < -0.39 is 0 Å². The molecule has 0 saturated carbocycles. The zero-order valence-electron chi connectivity index (χ0n) is 9.68. The number of hydrogen-bond acceptors (Lipinski definition) is 2. The summed E-state index contributed by atoms with van der Waals surface area (Å²) >= 11 is 15.6. The molecule has 0 fully saturated rings. The molecule has 6 heteroatoms. The highest BCUT2D eigenvalue weighted by Gasteiger charge is 1.96. The van der Waals surface area contributed by atoms with Crippen molar-refractivity contribution >= 4 is 58.0 Å². The molecule has 0 atom stereocenters. The first-order chi connectivity index (χ1) is 8.49. The molecule has 0 aliphatic rings. The van der Waals surface area contributed by atoms with Crippen LogP contribution in [0.5, 0.6) is 0 Å². The number of nitrogens with one attached hydrogen (secondary N) is 1. The number of rotatable bonds is 2. The monoisotopic (exact) mass is 297 g/mol. The minimum Gasteiger partial charge on any atom is -0.376 e. The van der Waals surface area contributed by atoms with Gasteiger partial charge in [-0.05, 0) is 49.1 Å². The molecule has 0 bridgehead atoms. The van der Waals surface area contributed by atoms with Gasteiger partial charge in [-0.2, -0.15) is 0 Å². The Morgan fingerprint density at radius 1 is 1.39 bits per heavy atom. The normalized spacial score (nSPS) is 11.6. The molecule has 94 valence electrons. The van der Waals surface area contributed by atoms with Crippen molar-refractivity contribution in [2.75, 3.05) is 0 Å². The minimum atomic E-state index is 0.103. The maximum Gasteiger partial charge on any atom is 0.199 e. The third-order valence-electron chi connectivity index (χ3n) is 1.92. The second-order valence-corrected chi connectivity index (χ2v) is 4.64. The topological polar surface area (TPSA) is 50.4 Å². The van der Waals surface area contributed by atoms with Crippen LogP contribution in [0.15, 0.2) is 35.3 Å². The molecule has 1 rings (SSSR count). The minimum absolute atomic E-state index is 0.103. The predicted molar refractivity (Wildman–Crippen MR) is 86.1 cm³/mol. The van der Waals surface area contributed by atoms with Crippen molar-refractivity contribution in [3.63, 3.8) is 0 Å². The molecule has 0 saturated heterocycles. The molecular formula is C12H12ClN3S2. The van der Waals surface area contributed by atoms with Gasteiger partial charge < -0.3 is 11.1 Å². The highest BCUT2D eigenvalue weighted by Crippen LogP contribution is 2.16. The summed E-state index contributed by atoms with van der Waals surface area (Å²) in [4.78, 5) is 4.10. The number of thiocarbonyl (C=S) groups is 2. The van der Waals surface area contributed by atoms with Gasteiger partial charge in [0.1, 0.15) is 0 Å². The summed E-state index contributed by atoms with van der Waals surface area (Å²) in [5.74, 6) is 0. The van der Waals surface area contributed by atoms with Gasteiger partial charge in [0, 0.05) is 10.7 Å². The number of hydrogen-bond donors (Lipinski definition) is 2. The van der Waals surface area contributed by atoms with E-state index in [1.54, 1.807) is 0 Å². The van der Waals surface area contributed by atoms with E-state index in [1.165, 1.54) is 0 Å². The van der Waals surface area contributed by atoms with E-state index in [0.717, 1.165) is 11.3 Å². The lowest BCUT2D eigenvalue weighted by Crippen LogP contribution is -2.32. The van der Waals surface area contributed by atoms with E-state index >= 15 is 0 Å². The fourth-order valence-electron chi connectivity index (χ4n) is 1.15. The molecule has 0 radical (unpaired) electrons. The summed E-state index contributed by atoms with van der Waals surface area (Å²) < 4.78 is 0. The van der Waals surface area contributed by atoms with Crippen LogP contribution >= 0.6 is 36.0 Å². The van der Waals surface area contributed by atoms with Crippen LogP contribution in [0.4, 0.5) is 0 Å². The molecular weight excluding hydrogens is 286 g/mol. The number of nitrogens with two attached hydrogens (primary N) is 1. The largest absolute Gasteiger partial charge is 0.376 e. The van der Waals surface area contributed by atoms with Crippen LogP contribution in [0.2, 0.25) is 5.02 Å². The van der Waals surface area contributed by atoms with Crippen molar-refractivity contribution in [3.05, 3.63) is 40.9 Å². The van der Waals surface area contributed by atoms with E-state index in [0.29, 0.717) is 5.02 Å². The van der Waals surface area contributed by atoms with Gasteiger partial charge in [0.25, 0.3) is 0 Å². The summed E-state index contributed by atoms with van der Waals surface area (Å²) in [6.45, 7) is 1.82. The molecule has 0 unspecified atom stereocenters. The molecule has 3 nitrogen and oxygen atoms in total. The molecule has 0 amide bonds. The number of halogens is 1. The summed E-state index contributed by atoms with van der Waals surface area (Å²) in [6.07, 6.45) is 3.68. The fourth-order valence-corrected chi connectivity index (χ4v) is 1.77. The van der Waals surface area contributed by atoms with E-state index in [9.17, 15) is 0 Å². The quantitative estimate of drug-likeness (QED) is 0.651. The second kappa shape index (κ2) is 7.20. The van der Waals surface area contributed by atoms with Crippen molar-refractivity contribution < 1.29 is 0 Å². The van der Waals surface area contributed by atoms with Crippen LogP contribution in [0.3, 0.4) is 0 Å². The third-order valence-corrected chi connectivity index (χ3v) is 2.56. The van der Waals surface area contributed by atoms with Gasteiger partial charge in [0.15, 0.2) is 10.2 Å². The van der Waals surface area contributed by atoms with Crippen molar-refractivity contribution in [3.8, 4) is 0 Å². The summed E-state index contributed by atoms with van der Waals surface area (Å²) in [5, 5.41) is 3.60. The average molecular weight is 298 g/mol. The van der Waals surface area contributed by atoms with Crippen LogP contribution in [0.25, 0.3) is 6.08 Å². The molecule has 1 aromatic rings. The van der Waals surface area contributed by atoms with E-state index in [1.807, 2.05) is 43.3 Å². The van der Waals surface area contributed by atoms with Gasteiger partial charge in [-0.1, -0.05) is 35.9 Å². The first kappa shape index (κ1) is 14.8. The molecule has 3 N–H and O–H groups in total. The Bertz CT molecular complexity index is 524. The van der Waals surface area contributed by atoms with Crippen LogP contribution in [-0.4, -0.2) is 15.9 Å². The van der Waals surface area contributed by atoms with Crippen molar-refractivity contribution in [1.82, 2.24) is 5.32 Å². The van der Waals surface area contributed by atoms with Crippen molar-refractivity contribution in [1.29, 1.82) is 0 Å². The van der Waals surface area contributed by atoms with Gasteiger partial charge in [-0.15, -0.1) is 0 Å². The molecule has 18 heavy (non-hydrogen) atoms. The van der Waals surface area contributed by atoms with Crippen LogP contribution in [0, 0.1) is 0 Å². The Hall–Kier alpha value is -1.30. The smallest absolute Gasteiger partial charge is 0.199 e. The number of benzene rings is 1. The SMILES string of the molecule is CC(/C=C/c1ccccc1Cl)=N\C(=S)NC(N)=S. The van der Waals surface area contributed by atoms with Crippen molar-refractivity contribution in [2.24, 2.45) is 10.7 Å². The zero-order valence-corrected chi connectivity index (χ0v) is 12.1. The second-order valence-electron chi connectivity index (χ2n) is 3.40. The predicted octanol–water partition coefficient (Wildman–Crippen LogP) is 2.93. The first-order valence-corrected chi connectivity index (χ1v) is 6.27. The maximum atomic E-state index is 6.02. The van der Waals surface area contributed by atoms with Gasteiger partial charge in [-0.3, -0.25) is 0 Å². The molecule has 0 heterocycles. The number of allylic oxidation sites excluding steroid dienone is 1. The lowest BCUT2D eigenvalue weighted by atomic mass is 10.2. The van der Waals surface area contributed by atoms with Crippen molar-refractivity contribution in [2.45, 2.75) is 6.92 Å². The highest BCUT2D eigenvalue weighted by atomic mass is 35.5. The molecule has 0 aromatic heterocycles. The first-order valence-electron chi connectivity index (χ1n) is 5.07. The Labute approximate surface area is 122 Å². The Kier molecular flexibility index (Phi) is 5.91. The number of aliphatic imine (C=N–C) groups is 1. The highest BCUT2D eigenvalue weighted by molar-refractivity contribution is 7.81. The van der Waals surface area contributed by atoms with Gasteiger partial charge in [0.05, 0.1) is 0 Å². The lowest BCUT2D eigenvalue weighted by Gasteiger charge is -2.00. The fraction of sp³-hybridized carbons (Fsp3) is 0.0833. The Morgan fingerprint density at radius 2 is 2.06 bits per heavy atom. The zero-order chi connectivity index (χ0) is 13.5. The molecule has 0 spiro atoms. The van der Waals surface area contributed by atoms with Crippen LogP contribution in [0.1, 0.15) is 12.5 Å². The van der Waals surface area contributed by atoms with Gasteiger partial charge in [-0.25, -0.2) is 4.99 Å². The van der Waals surface area contributed by atoms with Crippen LogP contribution in [-0.2, 0) is 0 Å². The summed E-state index contributed by atoms with van der Waals surface area (Å²) in [6, 6.07) is 7.53. The van der Waals surface area contributed by atoms with Gasteiger partial charge >= 0.3 is 0 Å². The Balaban J connectivity index is 2.73. The average Bonchev–Trinajstić information content (AvgIpc) is 2.26. The van der Waals surface area contributed by atoms with E-state index in [-0.39, 0.29) is 10.2 Å². The Morgan fingerprint density at radius 3 is 2.67 bits per heavy atom. The van der Waals surface area contributed by atoms with Crippen LogP contribution < -0.4 is 11.1 Å². The van der Waals surface area contributed by atoms with E-state index in [4.69, 9.17) is 29.6 Å². The number of nitrogens with zero attached hydrogens (tertiary/aromatic N) is 1. The van der Waals surface area contributed by atoms with Gasteiger partial charge in [0.2, 0.25) is 0 Å². The molecule has 0 aliphatic heterocycles. The summed E-state index contributed by atoms with van der Waals surface area (Å²) in [7, 11) is 0. The molecule has 1 aromatic carbocycles. The maximum absolute atomic E-state index is 6.02. The van der Waals surface area contributed by atoms with E-state index in [2.05, 4.69) is 22.5 Å². The third kappa shape index (κ3) is 5.35.